The highest BCUT2D eigenvalue weighted by atomic mass is 35.5. The van der Waals surface area contributed by atoms with Crippen molar-refractivity contribution < 1.29 is 4.74 Å². The number of benzene rings is 1. The summed E-state index contributed by atoms with van der Waals surface area (Å²) in [5.41, 5.74) is 1.70. The Morgan fingerprint density at radius 2 is 1.94 bits per heavy atom. The number of nitrogens with zero attached hydrogens (tertiary/aromatic N) is 3. The van der Waals surface area contributed by atoms with Gasteiger partial charge in [0.25, 0.3) is 0 Å². The van der Waals surface area contributed by atoms with Gasteiger partial charge in [0.15, 0.2) is 0 Å². The van der Waals surface area contributed by atoms with E-state index in [4.69, 9.17) is 27.9 Å². The normalized spacial score (nSPS) is 10.2. The molecule has 2 aromatic rings. The first-order valence-corrected chi connectivity index (χ1v) is 5.83. The lowest BCUT2D eigenvalue weighted by atomic mass is 10.2. The third-order valence-corrected chi connectivity index (χ3v) is 2.71. The first-order valence-electron chi connectivity index (χ1n) is 5.08. The van der Waals surface area contributed by atoms with Crippen molar-refractivity contribution in [2.45, 2.75) is 6.92 Å². The summed E-state index contributed by atoms with van der Waals surface area (Å²) in [7, 11) is 1.45. The maximum atomic E-state index is 6.09. The molecule has 0 saturated heterocycles. The number of anilines is 2. The van der Waals surface area contributed by atoms with Crippen LogP contribution in [0, 0.1) is 6.92 Å². The Morgan fingerprint density at radius 1 is 1.17 bits per heavy atom. The van der Waals surface area contributed by atoms with E-state index in [1.54, 1.807) is 6.07 Å². The molecule has 0 radical (unpaired) electrons. The van der Waals surface area contributed by atoms with Crippen molar-refractivity contribution in [2.24, 2.45) is 0 Å². The van der Waals surface area contributed by atoms with E-state index in [2.05, 4.69) is 20.3 Å². The second kappa shape index (κ2) is 5.37. The van der Waals surface area contributed by atoms with Gasteiger partial charge in [-0.3, -0.25) is 0 Å². The smallest absolute Gasteiger partial charge is 0.322 e. The Balaban J connectivity index is 2.37. The zero-order valence-electron chi connectivity index (χ0n) is 9.74. The van der Waals surface area contributed by atoms with Crippen molar-refractivity contribution in [3.05, 3.63) is 34.1 Å². The minimum atomic E-state index is 0.0501. The zero-order valence-corrected chi connectivity index (χ0v) is 11.2. The van der Waals surface area contributed by atoms with Crippen LogP contribution in [0.25, 0.3) is 0 Å². The molecule has 0 amide bonds. The molecule has 1 N–H and O–H groups in total. The Morgan fingerprint density at radius 3 is 2.61 bits per heavy atom. The molecule has 5 nitrogen and oxygen atoms in total. The van der Waals surface area contributed by atoms with Crippen molar-refractivity contribution in [1.82, 2.24) is 15.0 Å². The lowest BCUT2D eigenvalue weighted by Crippen LogP contribution is -2.03. The van der Waals surface area contributed by atoms with Gasteiger partial charge in [-0.2, -0.15) is 15.0 Å². The maximum Gasteiger partial charge on any atom is 0.322 e. The van der Waals surface area contributed by atoms with Crippen molar-refractivity contribution in [2.75, 3.05) is 12.4 Å². The summed E-state index contributed by atoms with van der Waals surface area (Å²) in [6.07, 6.45) is 0. The molecule has 0 atom stereocenters. The fourth-order valence-corrected chi connectivity index (χ4v) is 1.80. The van der Waals surface area contributed by atoms with Gasteiger partial charge < -0.3 is 10.1 Å². The minimum Gasteiger partial charge on any atom is -0.467 e. The number of ether oxygens (including phenoxy) is 1. The van der Waals surface area contributed by atoms with Crippen molar-refractivity contribution in [3.63, 3.8) is 0 Å². The van der Waals surface area contributed by atoms with Gasteiger partial charge in [0, 0.05) is 0 Å². The average molecular weight is 285 g/mol. The van der Waals surface area contributed by atoms with Crippen LogP contribution in [0.1, 0.15) is 5.56 Å². The molecule has 18 heavy (non-hydrogen) atoms. The minimum absolute atomic E-state index is 0.0501. The number of halogens is 2. The van der Waals surface area contributed by atoms with Crippen LogP contribution in [0.15, 0.2) is 18.2 Å². The fourth-order valence-electron chi connectivity index (χ4n) is 1.38. The van der Waals surface area contributed by atoms with E-state index < -0.39 is 0 Å². The van der Waals surface area contributed by atoms with Crippen LogP contribution in [0.5, 0.6) is 6.01 Å². The molecule has 0 aliphatic carbocycles. The second-order valence-electron chi connectivity index (χ2n) is 3.47. The lowest BCUT2D eigenvalue weighted by Gasteiger charge is -2.10. The van der Waals surface area contributed by atoms with Crippen LogP contribution in [0.3, 0.4) is 0 Å². The first kappa shape index (κ1) is 12.9. The van der Waals surface area contributed by atoms with Gasteiger partial charge >= 0.3 is 6.01 Å². The molecule has 0 fully saturated rings. The van der Waals surface area contributed by atoms with E-state index in [9.17, 15) is 0 Å². The standard InChI is InChI=1S/C11H10Cl2N4O/c1-6-4-3-5-7(12)8(6)14-10-15-9(13)16-11(17-10)18-2/h3-5H,1-2H3,(H,14,15,16,17). The summed E-state index contributed by atoms with van der Waals surface area (Å²) < 4.78 is 4.91. The molecule has 94 valence electrons. The first-order chi connectivity index (χ1) is 8.60. The summed E-state index contributed by atoms with van der Waals surface area (Å²) in [4.78, 5) is 11.8. The number of aromatic nitrogens is 3. The van der Waals surface area contributed by atoms with Crippen LogP contribution in [0.4, 0.5) is 11.6 Å². The Labute approximate surface area is 114 Å². The quantitative estimate of drug-likeness (QED) is 0.938. The van der Waals surface area contributed by atoms with Gasteiger partial charge in [0.1, 0.15) is 0 Å². The van der Waals surface area contributed by atoms with Crippen molar-refractivity contribution >= 4 is 34.8 Å². The molecule has 0 bridgehead atoms. The maximum absolute atomic E-state index is 6.09. The molecule has 2 rings (SSSR count). The van der Waals surface area contributed by atoms with E-state index in [0.717, 1.165) is 11.3 Å². The number of para-hydroxylation sites is 1. The van der Waals surface area contributed by atoms with Crippen molar-refractivity contribution in [1.29, 1.82) is 0 Å². The topological polar surface area (TPSA) is 59.9 Å². The van der Waals surface area contributed by atoms with Gasteiger partial charge in [0.2, 0.25) is 11.2 Å². The van der Waals surface area contributed by atoms with E-state index in [1.165, 1.54) is 7.11 Å². The lowest BCUT2D eigenvalue weighted by molar-refractivity contribution is 0.379. The van der Waals surface area contributed by atoms with Crippen LogP contribution < -0.4 is 10.1 Å². The molecule has 0 saturated carbocycles. The molecule has 1 heterocycles. The number of methoxy groups -OCH3 is 1. The molecule has 1 aromatic heterocycles. The zero-order chi connectivity index (χ0) is 13.1. The third-order valence-electron chi connectivity index (χ3n) is 2.23. The second-order valence-corrected chi connectivity index (χ2v) is 4.22. The molecule has 0 aliphatic heterocycles. The highest BCUT2D eigenvalue weighted by molar-refractivity contribution is 6.33. The van der Waals surface area contributed by atoms with Gasteiger partial charge in [0.05, 0.1) is 17.8 Å². The van der Waals surface area contributed by atoms with Crippen LogP contribution >= 0.6 is 23.2 Å². The predicted octanol–water partition coefficient (Wildman–Crippen LogP) is 3.24. The van der Waals surface area contributed by atoms with E-state index in [0.29, 0.717) is 5.02 Å². The Hall–Kier alpha value is -1.59. The monoisotopic (exact) mass is 284 g/mol. The predicted molar refractivity (Wildman–Crippen MR) is 70.9 cm³/mol. The SMILES string of the molecule is COc1nc(Cl)nc(Nc2c(C)cccc2Cl)n1. The molecule has 1 aromatic carbocycles. The van der Waals surface area contributed by atoms with Crippen LogP contribution in [-0.2, 0) is 0 Å². The number of hydrogen-bond acceptors (Lipinski definition) is 5. The molecular formula is C11H10Cl2N4O. The highest BCUT2D eigenvalue weighted by Gasteiger charge is 2.09. The van der Waals surface area contributed by atoms with Gasteiger partial charge in [-0.25, -0.2) is 0 Å². The Bertz CT molecular complexity index is 557. The van der Waals surface area contributed by atoms with Gasteiger partial charge in [-0.15, -0.1) is 0 Å². The number of rotatable bonds is 3. The van der Waals surface area contributed by atoms with E-state index in [-0.39, 0.29) is 17.2 Å². The van der Waals surface area contributed by atoms with Gasteiger partial charge in [-0.1, -0.05) is 23.7 Å². The summed E-state index contributed by atoms with van der Waals surface area (Å²) in [5, 5.41) is 3.62. The highest BCUT2D eigenvalue weighted by Crippen LogP contribution is 2.28. The molecule has 0 unspecified atom stereocenters. The molecule has 7 heteroatoms. The molecule has 0 aliphatic rings. The summed E-state index contributed by atoms with van der Waals surface area (Å²) in [6, 6.07) is 5.71. The molecular weight excluding hydrogens is 275 g/mol. The number of nitrogens with one attached hydrogen (secondary N) is 1. The fraction of sp³-hybridized carbons (Fsp3) is 0.182. The average Bonchev–Trinajstić information content (AvgIpc) is 2.33. The number of hydrogen-bond donors (Lipinski definition) is 1. The van der Waals surface area contributed by atoms with Crippen LogP contribution in [0.2, 0.25) is 10.3 Å². The summed E-state index contributed by atoms with van der Waals surface area (Å²) in [6.45, 7) is 1.92. The third kappa shape index (κ3) is 2.80. The largest absolute Gasteiger partial charge is 0.467 e. The Kier molecular flexibility index (Phi) is 3.84. The summed E-state index contributed by atoms with van der Waals surface area (Å²) in [5.74, 6) is 0.281. The molecule has 0 spiro atoms. The summed E-state index contributed by atoms with van der Waals surface area (Å²) >= 11 is 11.9. The van der Waals surface area contributed by atoms with Crippen LogP contribution in [-0.4, -0.2) is 22.1 Å². The van der Waals surface area contributed by atoms with Gasteiger partial charge in [-0.05, 0) is 30.2 Å². The van der Waals surface area contributed by atoms with Crippen molar-refractivity contribution in [3.8, 4) is 6.01 Å². The number of aryl methyl sites for hydroxylation is 1. The van der Waals surface area contributed by atoms with E-state index >= 15 is 0 Å². The van der Waals surface area contributed by atoms with E-state index in [1.807, 2.05) is 19.1 Å².